The van der Waals surface area contributed by atoms with Gasteiger partial charge in [0.1, 0.15) is 17.3 Å². The summed E-state index contributed by atoms with van der Waals surface area (Å²) >= 11 is 0. The third kappa shape index (κ3) is 5.74. The van der Waals surface area contributed by atoms with Gasteiger partial charge in [0.25, 0.3) is 0 Å². The fourth-order valence-corrected chi connectivity index (χ4v) is 4.45. The monoisotopic (exact) mass is 501 g/mol. The van der Waals surface area contributed by atoms with Gasteiger partial charge >= 0.3 is 0 Å². The molecular weight excluding hydrogens is 470 g/mol. The molecule has 1 N–H and O–H groups in total. The topological polar surface area (TPSA) is 97.1 Å². The summed E-state index contributed by atoms with van der Waals surface area (Å²) in [7, 11) is 3.31. The maximum atomic E-state index is 12.5. The number of benzene rings is 2. The molecule has 37 heavy (non-hydrogen) atoms. The van der Waals surface area contributed by atoms with Gasteiger partial charge < -0.3 is 24.6 Å². The molecule has 192 valence electrons. The van der Waals surface area contributed by atoms with Crippen LogP contribution in [0.1, 0.15) is 17.8 Å². The molecule has 0 radical (unpaired) electrons. The van der Waals surface area contributed by atoms with Crippen molar-refractivity contribution in [3.05, 3.63) is 72.1 Å². The minimum atomic E-state index is -0.0515. The second kappa shape index (κ2) is 11.2. The second-order valence-corrected chi connectivity index (χ2v) is 8.88. The summed E-state index contributed by atoms with van der Waals surface area (Å²) in [5, 5.41) is 16.3. The van der Waals surface area contributed by atoms with Crippen molar-refractivity contribution in [2.75, 3.05) is 50.2 Å². The summed E-state index contributed by atoms with van der Waals surface area (Å²) in [6.07, 6.45) is 0.751. The molecule has 0 aliphatic carbocycles. The number of carbonyl (C=O) groups excluding carboxylic acids is 1. The molecule has 1 aliphatic heterocycles. The van der Waals surface area contributed by atoms with Gasteiger partial charge in [-0.25, -0.2) is 0 Å². The fraction of sp³-hybridized carbons (Fsp3) is 0.333. The van der Waals surface area contributed by atoms with Gasteiger partial charge in [0, 0.05) is 57.3 Å². The van der Waals surface area contributed by atoms with Gasteiger partial charge in [-0.1, -0.05) is 18.2 Å². The Bertz CT molecular complexity index is 1370. The van der Waals surface area contributed by atoms with Crippen LogP contribution < -0.4 is 24.6 Å². The maximum Gasteiger partial charge on any atom is 0.220 e. The fourth-order valence-electron chi connectivity index (χ4n) is 4.45. The summed E-state index contributed by atoms with van der Waals surface area (Å²) < 4.78 is 12.4. The summed E-state index contributed by atoms with van der Waals surface area (Å²) in [5.41, 5.74) is 2.82. The first-order chi connectivity index (χ1) is 18.1. The first kappa shape index (κ1) is 24.4. The lowest BCUT2D eigenvalue weighted by atomic mass is 10.2. The van der Waals surface area contributed by atoms with Crippen LogP contribution in [0.5, 0.6) is 11.5 Å². The Kier molecular flexibility index (Phi) is 7.34. The lowest BCUT2D eigenvalue weighted by molar-refractivity contribution is -0.121. The zero-order chi connectivity index (χ0) is 25.6. The number of nitrogens with one attached hydrogen (secondary N) is 1. The van der Waals surface area contributed by atoms with Crippen LogP contribution in [0.4, 0.5) is 11.5 Å². The zero-order valence-electron chi connectivity index (χ0n) is 21.1. The highest BCUT2D eigenvalue weighted by Gasteiger charge is 2.20. The number of amides is 1. The number of piperazine rings is 1. The number of nitrogens with zero attached hydrogens (tertiary/aromatic N) is 6. The van der Waals surface area contributed by atoms with Crippen molar-refractivity contribution in [1.29, 1.82) is 0 Å². The number of aryl methyl sites for hydroxylation is 1. The number of ether oxygens (including phenoxy) is 2. The van der Waals surface area contributed by atoms with Crippen LogP contribution in [-0.4, -0.2) is 66.1 Å². The molecule has 10 nitrogen and oxygen atoms in total. The summed E-state index contributed by atoms with van der Waals surface area (Å²) in [6, 6.07) is 19.7. The molecule has 0 spiro atoms. The van der Waals surface area contributed by atoms with Crippen molar-refractivity contribution >= 4 is 23.1 Å². The van der Waals surface area contributed by atoms with E-state index in [2.05, 4.69) is 37.4 Å². The quantitative estimate of drug-likeness (QED) is 0.374. The van der Waals surface area contributed by atoms with E-state index < -0.39 is 0 Å². The van der Waals surface area contributed by atoms with Crippen LogP contribution in [0.2, 0.25) is 0 Å². The highest BCUT2D eigenvalue weighted by molar-refractivity contribution is 5.76. The van der Waals surface area contributed by atoms with Crippen molar-refractivity contribution in [2.24, 2.45) is 0 Å². The third-order valence-electron chi connectivity index (χ3n) is 6.53. The number of methoxy groups -OCH3 is 2. The Morgan fingerprint density at radius 1 is 0.892 bits per heavy atom. The molecule has 0 bridgehead atoms. The number of hydrogen-bond donors (Lipinski definition) is 1. The lowest BCUT2D eigenvalue weighted by Crippen LogP contribution is -2.47. The van der Waals surface area contributed by atoms with Crippen molar-refractivity contribution in [1.82, 2.24) is 25.1 Å². The first-order valence-corrected chi connectivity index (χ1v) is 12.4. The van der Waals surface area contributed by atoms with Gasteiger partial charge in [0.15, 0.2) is 11.5 Å². The molecule has 1 amide bonds. The molecule has 1 aliphatic rings. The van der Waals surface area contributed by atoms with Crippen molar-refractivity contribution in [3.63, 3.8) is 0 Å². The molecule has 0 atom stereocenters. The molecule has 3 heterocycles. The molecular formula is C27H31N7O3. The Morgan fingerprint density at radius 3 is 2.41 bits per heavy atom. The van der Waals surface area contributed by atoms with E-state index >= 15 is 0 Å². The number of carbonyl (C=O) groups is 1. The maximum absolute atomic E-state index is 12.5. The molecule has 0 saturated carbocycles. The van der Waals surface area contributed by atoms with E-state index in [-0.39, 0.29) is 5.91 Å². The van der Waals surface area contributed by atoms with E-state index in [9.17, 15) is 4.79 Å². The SMILES string of the molecule is COc1cccc(CNC(=O)CCc2nnc3ccc(N4CCN(c5cccc(OC)c5)CC4)nn23)c1. The van der Waals surface area contributed by atoms with E-state index in [0.29, 0.717) is 30.9 Å². The molecule has 4 aromatic rings. The van der Waals surface area contributed by atoms with Crippen LogP contribution in [0.3, 0.4) is 0 Å². The summed E-state index contributed by atoms with van der Waals surface area (Å²) in [6.45, 7) is 3.91. The van der Waals surface area contributed by atoms with E-state index in [1.807, 2.05) is 48.5 Å². The third-order valence-corrected chi connectivity index (χ3v) is 6.53. The van der Waals surface area contributed by atoms with Crippen LogP contribution >= 0.6 is 0 Å². The van der Waals surface area contributed by atoms with Crippen molar-refractivity contribution in [3.8, 4) is 11.5 Å². The van der Waals surface area contributed by atoms with Gasteiger partial charge in [-0.15, -0.1) is 15.3 Å². The Balaban J connectivity index is 1.18. The molecule has 10 heteroatoms. The van der Waals surface area contributed by atoms with Crippen molar-refractivity contribution in [2.45, 2.75) is 19.4 Å². The Labute approximate surface area is 215 Å². The van der Waals surface area contributed by atoms with Gasteiger partial charge in [0.2, 0.25) is 5.91 Å². The van der Waals surface area contributed by atoms with E-state index in [0.717, 1.165) is 54.7 Å². The highest BCUT2D eigenvalue weighted by Crippen LogP contribution is 2.23. The van der Waals surface area contributed by atoms with Crippen LogP contribution in [-0.2, 0) is 17.8 Å². The van der Waals surface area contributed by atoms with E-state index in [1.54, 1.807) is 18.7 Å². The predicted molar refractivity (Wildman–Crippen MR) is 141 cm³/mol. The standard InChI is InChI=1S/C27H31N7O3/c1-36-22-7-3-5-20(17-22)19-28-27(35)12-11-25-30-29-24-9-10-26(31-34(24)25)33-15-13-32(14-16-33)21-6-4-8-23(18-21)37-2/h3-10,17-18H,11-16,19H2,1-2H3,(H,28,35). The predicted octanol–water partition coefficient (Wildman–Crippen LogP) is 2.72. The molecule has 0 unspecified atom stereocenters. The minimum Gasteiger partial charge on any atom is -0.497 e. The molecule has 1 saturated heterocycles. The first-order valence-electron chi connectivity index (χ1n) is 12.4. The van der Waals surface area contributed by atoms with Crippen LogP contribution in [0.25, 0.3) is 5.65 Å². The number of fused-ring (bicyclic) bond motifs is 1. The van der Waals surface area contributed by atoms with Gasteiger partial charge in [-0.2, -0.15) is 4.52 Å². The largest absolute Gasteiger partial charge is 0.497 e. The molecule has 1 fully saturated rings. The average molecular weight is 502 g/mol. The minimum absolute atomic E-state index is 0.0515. The summed E-state index contributed by atoms with van der Waals surface area (Å²) in [5.74, 6) is 3.13. The molecule has 2 aromatic carbocycles. The van der Waals surface area contributed by atoms with Crippen LogP contribution in [0.15, 0.2) is 60.7 Å². The smallest absolute Gasteiger partial charge is 0.220 e. The summed E-state index contributed by atoms with van der Waals surface area (Å²) in [4.78, 5) is 17.1. The van der Waals surface area contributed by atoms with E-state index in [4.69, 9.17) is 14.6 Å². The van der Waals surface area contributed by atoms with Gasteiger partial charge in [-0.3, -0.25) is 4.79 Å². The molecule has 5 rings (SSSR count). The van der Waals surface area contributed by atoms with Crippen LogP contribution in [0, 0.1) is 0 Å². The number of aromatic nitrogens is 4. The number of anilines is 2. The van der Waals surface area contributed by atoms with Gasteiger partial charge in [-0.05, 0) is 42.0 Å². The van der Waals surface area contributed by atoms with Gasteiger partial charge in [0.05, 0.1) is 14.2 Å². The number of hydrogen-bond acceptors (Lipinski definition) is 8. The highest BCUT2D eigenvalue weighted by atomic mass is 16.5. The van der Waals surface area contributed by atoms with Crippen molar-refractivity contribution < 1.29 is 14.3 Å². The average Bonchev–Trinajstić information content (AvgIpc) is 3.37. The normalized spacial score (nSPS) is 13.6. The zero-order valence-corrected chi connectivity index (χ0v) is 21.1. The number of rotatable bonds is 9. The van der Waals surface area contributed by atoms with E-state index in [1.165, 1.54) is 0 Å². The Hall–Kier alpha value is -4.34. The molecule has 2 aromatic heterocycles. The lowest BCUT2D eigenvalue weighted by Gasteiger charge is -2.36. The second-order valence-electron chi connectivity index (χ2n) is 8.88. The Morgan fingerprint density at radius 2 is 1.62 bits per heavy atom.